The lowest BCUT2D eigenvalue weighted by atomic mass is 9.89. The number of rotatable bonds is 3. The summed E-state index contributed by atoms with van der Waals surface area (Å²) >= 11 is 3.44. The standard InChI is InChI=1S/C15H21BrN2O2/c1-15(14(19)20-2,12-4-6-13(16)7-5-12)18-10-3-8-17-9-11-18/h4-7,17H,3,8-11H2,1-2H3. The maximum Gasteiger partial charge on any atom is 0.330 e. The molecule has 0 saturated carbocycles. The molecule has 0 radical (unpaired) electrons. The minimum atomic E-state index is -0.735. The van der Waals surface area contributed by atoms with Crippen molar-refractivity contribution in [1.82, 2.24) is 10.2 Å². The Morgan fingerprint density at radius 3 is 2.65 bits per heavy atom. The predicted octanol–water partition coefficient (Wildman–Crippen LogP) is 2.13. The number of esters is 1. The fourth-order valence-corrected chi connectivity index (χ4v) is 2.96. The third-order valence-electron chi connectivity index (χ3n) is 3.96. The first kappa shape index (κ1) is 15.5. The highest BCUT2D eigenvalue weighted by Gasteiger charge is 2.42. The average molecular weight is 341 g/mol. The smallest absolute Gasteiger partial charge is 0.330 e. The number of hydrogen-bond acceptors (Lipinski definition) is 4. The zero-order chi connectivity index (χ0) is 14.6. The Balaban J connectivity index is 2.38. The summed E-state index contributed by atoms with van der Waals surface area (Å²) in [6.07, 6.45) is 1.03. The highest BCUT2D eigenvalue weighted by molar-refractivity contribution is 9.10. The Kier molecular flexibility index (Phi) is 5.18. The van der Waals surface area contributed by atoms with Crippen LogP contribution < -0.4 is 5.32 Å². The van der Waals surface area contributed by atoms with Gasteiger partial charge in [-0.1, -0.05) is 28.1 Å². The van der Waals surface area contributed by atoms with Gasteiger partial charge in [0.1, 0.15) is 5.54 Å². The average Bonchev–Trinajstić information content (AvgIpc) is 2.75. The van der Waals surface area contributed by atoms with Gasteiger partial charge in [0, 0.05) is 24.1 Å². The molecule has 0 aromatic heterocycles. The first-order chi connectivity index (χ1) is 9.59. The maximum absolute atomic E-state index is 12.4. The zero-order valence-corrected chi connectivity index (χ0v) is 13.6. The van der Waals surface area contributed by atoms with Crippen LogP contribution in [0.5, 0.6) is 0 Å². The molecule has 1 saturated heterocycles. The van der Waals surface area contributed by atoms with Crippen LogP contribution in [-0.4, -0.2) is 44.2 Å². The number of nitrogens with zero attached hydrogens (tertiary/aromatic N) is 1. The molecule has 1 N–H and O–H groups in total. The van der Waals surface area contributed by atoms with E-state index in [1.54, 1.807) is 0 Å². The zero-order valence-electron chi connectivity index (χ0n) is 12.0. The van der Waals surface area contributed by atoms with Crippen LogP contribution in [0.4, 0.5) is 0 Å². The van der Waals surface area contributed by atoms with Crippen molar-refractivity contribution in [1.29, 1.82) is 0 Å². The molecule has 1 fully saturated rings. The van der Waals surface area contributed by atoms with Gasteiger partial charge in [0.2, 0.25) is 0 Å². The monoisotopic (exact) mass is 340 g/mol. The summed E-state index contributed by atoms with van der Waals surface area (Å²) in [6, 6.07) is 7.90. The van der Waals surface area contributed by atoms with Gasteiger partial charge in [-0.3, -0.25) is 4.90 Å². The van der Waals surface area contributed by atoms with Gasteiger partial charge in [-0.05, 0) is 37.6 Å². The molecule has 1 aromatic carbocycles. The van der Waals surface area contributed by atoms with E-state index in [-0.39, 0.29) is 5.97 Å². The number of halogens is 1. The number of carbonyl (C=O) groups excluding carboxylic acids is 1. The molecule has 0 amide bonds. The van der Waals surface area contributed by atoms with Gasteiger partial charge in [-0.25, -0.2) is 4.79 Å². The Labute approximate surface area is 128 Å². The maximum atomic E-state index is 12.4. The molecule has 4 nitrogen and oxygen atoms in total. The first-order valence-electron chi connectivity index (χ1n) is 6.89. The molecule has 110 valence electrons. The predicted molar refractivity (Wildman–Crippen MR) is 82.6 cm³/mol. The van der Waals surface area contributed by atoms with Crippen LogP contribution in [0.3, 0.4) is 0 Å². The van der Waals surface area contributed by atoms with Crippen LogP contribution in [0, 0.1) is 0 Å². The highest BCUT2D eigenvalue weighted by atomic mass is 79.9. The van der Waals surface area contributed by atoms with E-state index in [1.807, 2.05) is 31.2 Å². The van der Waals surface area contributed by atoms with Crippen LogP contribution in [0.1, 0.15) is 18.9 Å². The van der Waals surface area contributed by atoms with E-state index < -0.39 is 5.54 Å². The van der Waals surface area contributed by atoms with E-state index in [1.165, 1.54) is 7.11 Å². The van der Waals surface area contributed by atoms with Gasteiger partial charge in [0.15, 0.2) is 0 Å². The molecule has 20 heavy (non-hydrogen) atoms. The quantitative estimate of drug-likeness (QED) is 0.856. The molecule has 1 aliphatic rings. The number of benzene rings is 1. The first-order valence-corrected chi connectivity index (χ1v) is 7.68. The fraction of sp³-hybridized carbons (Fsp3) is 0.533. The van der Waals surface area contributed by atoms with E-state index in [0.717, 1.165) is 42.6 Å². The van der Waals surface area contributed by atoms with E-state index in [2.05, 4.69) is 26.1 Å². The van der Waals surface area contributed by atoms with Crippen molar-refractivity contribution in [3.05, 3.63) is 34.3 Å². The Bertz CT molecular complexity index is 455. The van der Waals surface area contributed by atoms with Crippen LogP contribution in [-0.2, 0) is 15.1 Å². The molecule has 0 aliphatic carbocycles. The van der Waals surface area contributed by atoms with Crippen molar-refractivity contribution in [3.8, 4) is 0 Å². The van der Waals surface area contributed by atoms with Gasteiger partial charge >= 0.3 is 5.97 Å². The van der Waals surface area contributed by atoms with Crippen molar-refractivity contribution < 1.29 is 9.53 Å². The number of ether oxygens (including phenoxy) is 1. The minimum absolute atomic E-state index is 0.207. The number of carbonyl (C=O) groups is 1. The van der Waals surface area contributed by atoms with Crippen LogP contribution in [0.2, 0.25) is 0 Å². The molecule has 1 atom stereocenters. The molecule has 1 unspecified atom stereocenters. The molecule has 0 bridgehead atoms. The summed E-state index contributed by atoms with van der Waals surface area (Å²) in [7, 11) is 1.45. The normalized spacial score (nSPS) is 19.9. The molecule has 1 aliphatic heterocycles. The summed E-state index contributed by atoms with van der Waals surface area (Å²) in [6.45, 7) is 5.56. The van der Waals surface area contributed by atoms with Gasteiger partial charge in [0.25, 0.3) is 0 Å². The van der Waals surface area contributed by atoms with Gasteiger partial charge in [-0.15, -0.1) is 0 Å². The van der Waals surface area contributed by atoms with Crippen molar-refractivity contribution >= 4 is 21.9 Å². The van der Waals surface area contributed by atoms with Crippen molar-refractivity contribution in [2.24, 2.45) is 0 Å². The van der Waals surface area contributed by atoms with E-state index in [0.29, 0.717) is 0 Å². The van der Waals surface area contributed by atoms with Crippen LogP contribution >= 0.6 is 15.9 Å². The molecule has 2 rings (SSSR count). The molecular formula is C15H21BrN2O2. The largest absolute Gasteiger partial charge is 0.467 e. The molecule has 0 spiro atoms. The Morgan fingerprint density at radius 1 is 1.30 bits per heavy atom. The summed E-state index contributed by atoms with van der Waals surface area (Å²) in [5.74, 6) is -0.207. The second-order valence-corrected chi connectivity index (χ2v) is 6.08. The SMILES string of the molecule is COC(=O)C(C)(c1ccc(Br)cc1)N1CCCNCC1. The van der Waals surface area contributed by atoms with Crippen molar-refractivity contribution in [2.45, 2.75) is 18.9 Å². The molecule has 5 heteroatoms. The van der Waals surface area contributed by atoms with E-state index in [4.69, 9.17) is 4.74 Å². The van der Waals surface area contributed by atoms with Gasteiger partial charge in [-0.2, -0.15) is 0 Å². The highest BCUT2D eigenvalue weighted by Crippen LogP contribution is 2.31. The van der Waals surface area contributed by atoms with Crippen molar-refractivity contribution in [2.75, 3.05) is 33.3 Å². The van der Waals surface area contributed by atoms with Crippen molar-refractivity contribution in [3.63, 3.8) is 0 Å². The Morgan fingerprint density at radius 2 is 2.00 bits per heavy atom. The summed E-state index contributed by atoms with van der Waals surface area (Å²) in [5.41, 5.74) is 0.232. The van der Waals surface area contributed by atoms with Gasteiger partial charge in [0.05, 0.1) is 7.11 Å². The summed E-state index contributed by atoms with van der Waals surface area (Å²) in [5, 5.41) is 3.37. The number of nitrogens with one attached hydrogen (secondary N) is 1. The van der Waals surface area contributed by atoms with Crippen LogP contribution in [0.15, 0.2) is 28.7 Å². The topological polar surface area (TPSA) is 41.6 Å². The second-order valence-electron chi connectivity index (χ2n) is 5.16. The fourth-order valence-electron chi connectivity index (χ4n) is 2.70. The third kappa shape index (κ3) is 3.05. The van der Waals surface area contributed by atoms with E-state index >= 15 is 0 Å². The molecular weight excluding hydrogens is 320 g/mol. The number of hydrogen-bond donors (Lipinski definition) is 1. The van der Waals surface area contributed by atoms with Gasteiger partial charge < -0.3 is 10.1 Å². The lowest BCUT2D eigenvalue weighted by Gasteiger charge is -2.38. The second kappa shape index (κ2) is 6.70. The summed E-state index contributed by atoms with van der Waals surface area (Å²) < 4.78 is 6.09. The third-order valence-corrected chi connectivity index (χ3v) is 4.49. The lowest BCUT2D eigenvalue weighted by Crippen LogP contribution is -2.51. The number of methoxy groups -OCH3 is 1. The molecule has 1 aromatic rings. The minimum Gasteiger partial charge on any atom is -0.467 e. The Hall–Kier alpha value is -0.910. The molecule has 1 heterocycles. The summed E-state index contributed by atoms with van der Waals surface area (Å²) in [4.78, 5) is 14.6. The lowest BCUT2D eigenvalue weighted by molar-refractivity contribution is -0.155. The van der Waals surface area contributed by atoms with E-state index in [9.17, 15) is 4.79 Å². The van der Waals surface area contributed by atoms with Crippen LogP contribution in [0.25, 0.3) is 0 Å².